The van der Waals surface area contributed by atoms with Crippen molar-refractivity contribution in [1.82, 2.24) is 0 Å². The summed E-state index contributed by atoms with van der Waals surface area (Å²) in [4.78, 5) is 13.8. The summed E-state index contributed by atoms with van der Waals surface area (Å²) >= 11 is 1.62. The predicted octanol–water partition coefficient (Wildman–Crippen LogP) is 3.67. The Kier molecular flexibility index (Phi) is 4.48. The van der Waals surface area contributed by atoms with Crippen LogP contribution in [0.4, 0.5) is 5.69 Å². The lowest BCUT2D eigenvalue weighted by atomic mass is 10.1. The smallest absolute Gasteiger partial charge is 0.238 e. The van der Waals surface area contributed by atoms with Crippen LogP contribution < -0.4 is 14.8 Å². The summed E-state index contributed by atoms with van der Waals surface area (Å²) < 4.78 is 10.5. The minimum absolute atomic E-state index is 0.000779. The van der Waals surface area contributed by atoms with Crippen molar-refractivity contribution in [2.45, 2.75) is 23.5 Å². The Bertz CT molecular complexity index is 723. The van der Waals surface area contributed by atoms with E-state index in [0.717, 1.165) is 6.42 Å². The zero-order valence-corrected chi connectivity index (χ0v) is 14.2. The Labute approximate surface area is 140 Å². The Morgan fingerprint density at radius 3 is 2.48 bits per heavy atom. The monoisotopic (exact) mass is 329 g/mol. The van der Waals surface area contributed by atoms with Gasteiger partial charge in [0.05, 0.1) is 19.5 Å². The SMILES string of the molecule is COc1cc(NC(=O)C2Cc3ccc(C)cc3S2)cc(OC)c1. The van der Waals surface area contributed by atoms with E-state index in [-0.39, 0.29) is 11.2 Å². The van der Waals surface area contributed by atoms with Crippen molar-refractivity contribution in [3.63, 3.8) is 0 Å². The van der Waals surface area contributed by atoms with Gasteiger partial charge in [0.1, 0.15) is 11.5 Å². The van der Waals surface area contributed by atoms with E-state index in [9.17, 15) is 4.79 Å². The van der Waals surface area contributed by atoms with Crippen molar-refractivity contribution in [3.05, 3.63) is 47.5 Å². The van der Waals surface area contributed by atoms with Crippen LogP contribution in [0.1, 0.15) is 11.1 Å². The van der Waals surface area contributed by atoms with E-state index in [4.69, 9.17) is 9.47 Å². The summed E-state index contributed by atoms with van der Waals surface area (Å²) in [7, 11) is 3.18. The van der Waals surface area contributed by atoms with E-state index in [1.165, 1.54) is 16.0 Å². The molecule has 4 nitrogen and oxygen atoms in total. The first kappa shape index (κ1) is 15.7. The number of aryl methyl sites for hydroxylation is 1. The van der Waals surface area contributed by atoms with Gasteiger partial charge in [-0.3, -0.25) is 4.79 Å². The highest BCUT2D eigenvalue weighted by Gasteiger charge is 2.28. The lowest BCUT2D eigenvalue weighted by Gasteiger charge is -2.12. The second kappa shape index (κ2) is 6.54. The number of fused-ring (bicyclic) bond motifs is 1. The highest BCUT2D eigenvalue weighted by atomic mass is 32.2. The average Bonchev–Trinajstić information content (AvgIpc) is 2.97. The van der Waals surface area contributed by atoms with Gasteiger partial charge in [-0.05, 0) is 25.0 Å². The number of thioether (sulfide) groups is 1. The first-order valence-corrected chi connectivity index (χ1v) is 8.27. The van der Waals surface area contributed by atoms with E-state index in [1.54, 1.807) is 44.2 Å². The number of carbonyl (C=O) groups is 1. The number of hydrogen-bond donors (Lipinski definition) is 1. The fraction of sp³-hybridized carbons (Fsp3) is 0.278. The molecule has 0 fully saturated rings. The molecule has 5 heteroatoms. The normalized spacial score (nSPS) is 15.9. The van der Waals surface area contributed by atoms with E-state index in [2.05, 4.69) is 30.4 Å². The molecule has 120 valence electrons. The molecule has 3 rings (SSSR count). The summed E-state index contributed by atoms with van der Waals surface area (Å²) in [6, 6.07) is 11.7. The standard InChI is InChI=1S/C18H19NO3S/c1-11-4-5-12-7-17(23-16(12)6-11)18(20)19-13-8-14(21-2)10-15(9-13)22-3/h4-6,8-10,17H,7H2,1-3H3,(H,19,20). The molecular weight excluding hydrogens is 310 g/mol. The molecule has 1 N–H and O–H groups in total. The molecule has 2 aromatic rings. The van der Waals surface area contributed by atoms with Gasteiger partial charge in [-0.15, -0.1) is 11.8 Å². The van der Waals surface area contributed by atoms with Gasteiger partial charge in [-0.25, -0.2) is 0 Å². The number of hydrogen-bond acceptors (Lipinski definition) is 4. The Morgan fingerprint density at radius 2 is 1.83 bits per heavy atom. The molecule has 0 saturated heterocycles. The maximum absolute atomic E-state index is 12.6. The minimum atomic E-state index is -0.107. The zero-order chi connectivity index (χ0) is 16.4. The van der Waals surface area contributed by atoms with E-state index in [1.807, 2.05) is 0 Å². The van der Waals surface area contributed by atoms with Crippen molar-refractivity contribution in [2.75, 3.05) is 19.5 Å². The second-order valence-corrected chi connectivity index (χ2v) is 6.76. The van der Waals surface area contributed by atoms with Crippen molar-refractivity contribution in [3.8, 4) is 11.5 Å². The molecule has 0 spiro atoms. The molecule has 1 aliphatic heterocycles. The molecule has 0 saturated carbocycles. The Balaban J connectivity index is 1.73. The van der Waals surface area contributed by atoms with Gasteiger partial charge >= 0.3 is 0 Å². The molecule has 0 bridgehead atoms. The van der Waals surface area contributed by atoms with Gasteiger partial charge in [0.25, 0.3) is 0 Å². The summed E-state index contributed by atoms with van der Waals surface area (Å²) in [6.07, 6.45) is 0.757. The molecule has 1 amide bonds. The lowest BCUT2D eigenvalue weighted by molar-refractivity contribution is -0.115. The fourth-order valence-electron chi connectivity index (χ4n) is 2.58. The third-order valence-electron chi connectivity index (χ3n) is 3.81. The van der Waals surface area contributed by atoms with Crippen molar-refractivity contribution >= 4 is 23.4 Å². The van der Waals surface area contributed by atoms with Gasteiger partial charge in [-0.1, -0.05) is 17.7 Å². The van der Waals surface area contributed by atoms with Crippen molar-refractivity contribution < 1.29 is 14.3 Å². The number of methoxy groups -OCH3 is 2. The first-order chi connectivity index (χ1) is 11.1. The number of anilines is 1. The number of nitrogens with one attached hydrogen (secondary N) is 1. The first-order valence-electron chi connectivity index (χ1n) is 7.39. The molecule has 1 atom stereocenters. The summed E-state index contributed by atoms with van der Waals surface area (Å²) in [5.41, 5.74) is 3.14. The van der Waals surface area contributed by atoms with Gasteiger partial charge in [-0.2, -0.15) is 0 Å². The van der Waals surface area contributed by atoms with Gasteiger partial charge in [0.15, 0.2) is 0 Å². The second-order valence-electron chi connectivity index (χ2n) is 5.51. The van der Waals surface area contributed by atoms with Crippen LogP contribution in [0.15, 0.2) is 41.3 Å². The number of benzene rings is 2. The largest absolute Gasteiger partial charge is 0.497 e. The van der Waals surface area contributed by atoms with Crippen molar-refractivity contribution in [2.24, 2.45) is 0 Å². The molecule has 0 radical (unpaired) electrons. The Hall–Kier alpha value is -2.14. The number of amides is 1. The molecule has 1 aliphatic rings. The molecule has 23 heavy (non-hydrogen) atoms. The minimum Gasteiger partial charge on any atom is -0.497 e. The van der Waals surface area contributed by atoms with Crippen LogP contribution in [0, 0.1) is 6.92 Å². The highest BCUT2D eigenvalue weighted by molar-refractivity contribution is 8.01. The maximum Gasteiger partial charge on any atom is 0.238 e. The molecule has 0 aliphatic carbocycles. The average molecular weight is 329 g/mol. The van der Waals surface area contributed by atoms with Crippen LogP contribution in [-0.4, -0.2) is 25.4 Å². The van der Waals surface area contributed by atoms with Gasteiger partial charge < -0.3 is 14.8 Å². The molecular formula is C18H19NO3S. The van der Waals surface area contributed by atoms with E-state index < -0.39 is 0 Å². The quantitative estimate of drug-likeness (QED) is 0.930. The molecule has 1 heterocycles. The van der Waals surface area contributed by atoms with Crippen LogP contribution in [0.2, 0.25) is 0 Å². The number of rotatable bonds is 4. The van der Waals surface area contributed by atoms with Crippen LogP contribution >= 0.6 is 11.8 Å². The maximum atomic E-state index is 12.6. The summed E-state index contributed by atoms with van der Waals surface area (Å²) in [5.74, 6) is 1.30. The fourth-order valence-corrected chi connectivity index (χ4v) is 3.88. The van der Waals surface area contributed by atoms with Crippen molar-refractivity contribution in [1.29, 1.82) is 0 Å². The topological polar surface area (TPSA) is 47.6 Å². The van der Waals surface area contributed by atoms with Crippen LogP contribution in [-0.2, 0) is 11.2 Å². The number of ether oxygens (including phenoxy) is 2. The van der Waals surface area contributed by atoms with E-state index in [0.29, 0.717) is 17.2 Å². The summed E-state index contributed by atoms with van der Waals surface area (Å²) in [6.45, 7) is 2.07. The molecule has 2 aromatic carbocycles. The lowest BCUT2D eigenvalue weighted by Crippen LogP contribution is -2.24. The predicted molar refractivity (Wildman–Crippen MR) is 92.7 cm³/mol. The summed E-state index contributed by atoms with van der Waals surface area (Å²) in [5, 5.41) is 2.86. The third-order valence-corrected chi connectivity index (χ3v) is 5.11. The Morgan fingerprint density at radius 1 is 1.13 bits per heavy atom. The van der Waals surface area contributed by atoms with Gasteiger partial charge in [0, 0.05) is 28.8 Å². The molecule has 1 unspecified atom stereocenters. The zero-order valence-electron chi connectivity index (χ0n) is 13.4. The highest BCUT2D eigenvalue weighted by Crippen LogP contribution is 2.38. The number of carbonyl (C=O) groups excluding carboxylic acids is 1. The molecule has 0 aromatic heterocycles. The van der Waals surface area contributed by atoms with Gasteiger partial charge in [0.2, 0.25) is 5.91 Å². The van der Waals surface area contributed by atoms with E-state index >= 15 is 0 Å². The van der Waals surface area contributed by atoms with Crippen LogP contribution in [0.3, 0.4) is 0 Å². The van der Waals surface area contributed by atoms with Crippen LogP contribution in [0.25, 0.3) is 0 Å². The third kappa shape index (κ3) is 3.45. The van der Waals surface area contributed by atoms with Crippen LogP contribution in [0.5, 0.6) is 11.5 Å².